The molecule has 3 N–H and O–H groups in total. The standard InChI is InChI=1S/C33H51F3N4O6/c1-22-19-40(23(2)21-41)31(43)27-18-26(37-30(42)15-16-33(34,35)36)13-14-28(27)46-24(3)10-8-9-17-45-29(22)20-39(4)32(44)38-25-11-6-5-7-12-25/h13-14,18,22-25,29,41H,5-12,15-17,19-21H2,1-4H3,(H,37,42)(H,38,44)/t22-,23-,24-,29+/m0/s1. The van der Waals surface area contributed by atoms with E-state index in [1.54, 1.807) is 18.9 Å². The minimum absolute atomic E-state index is 0.117. The number of fused-ring (bicyclic) bond motifs is 1. The number of hydrogen-bond donors (Lipinski definition) is 3. The molecule has 1 aromatic rings. The number of carbonyl (C=O) groups is 3. The van der Waals surface area contributed by atoms with Gasteiger partial charge >= 0.3 is 12.2 Å². The van der Waals surface area contributed by atoms with Crippen LogP contribution in [-0.4, -0.2) is 96.6 Å². The Bertz CT molecular complexity index is 1150. The number of ether oxygens (including phenoxy) is 2. The minimum Gasteiger partial charge on any atom is -0.490 e. The highest BCUT2D eigenvalue weighted by molar-refractivity contribution is 5.99. The molecule has 0 radical (unpaired) electrons. The number of nitrogens with one attached hydrogen (secondary N) is 2. The molecule has 0 saturated heterocycles. The zero-order valence-electron chi connectivity index (χ0n) is 27.5. The number of aliphatic hydroxyl groups is 1. The van der Waals surface area contributed by atoms with Gasteiger partial charge in [0.05, 0.1) is 36.8 Å². The van der Waals surface area contributed by atoms with Gasteiger partial charge in [-0.05, 0) is 64.2 Å². The van der Waals surface area contributed by atoms with Gasteiger partial charge in [0.15, 0.2) is 0 Å². The zero-order valence-corrected chi connectivity index (χ0v) is 27.5. The molecule has 46 heavy (non-hydrogen) atoms. The third kappa shape index (κ3) is 11.9. The number of amides is 4. The second-order valence-corrected chi connectivity index (χ2v) is 12.8. The van der Waals surface area contributed by atoms with E-state index in [-0.39, 0.29) is 54.2 Å². The third-order valence-electron chi connectivity index (χ3n) is 8.70. The van der Waals surface area contributed by atoms with Crippen molar-refractivity contribution in [1.82, 2.24) is 15.1 Å². The molecule has 1 aliphatic carbocycles. The normalized spacial score (nSPS) is 23.0. The van der Waals surface area contributed by atoms with Gasteiger partial charge in [0.2, 0.25) is 5.91 Å². The zero-order chi connectivity index (χ0) is 33.9. The molecule has 0 unspecified atom stereocenters. The minimum atomic E-state index is -4.47. The molecule has 4 amide bonds. The van der Waals surface area contributed by atoms with E-state index in [1.807, 2.05) is 13.8 Å². The van der Waals surface area contributed by atoms with Crippen LogP contribution in [0, 0.1) is 5.92 Å². The number of alkyl halides is 3. The molecule has 4 atom stereocenters. The number of rotatable bonds is 8. The maximum absolute atomic E-state index is 14.2. The van der Waals surface area contributed by atoms with Crippen LogP contribution in [0.25, 0.3) is 0 Å². The molecule has 1 heterocycles. The summed E-state index contributed by atoms with van der Waals surface area (Å²) in [5, 5.41) is 15.7. The second-order valence-electron chi connectivity index (χ2n) is 12.8. The highest BCUT2D eigenvalue weighted by Crippen LogP contribution is 2.29. The number of likely N-dealkylation sites (N-methyl/N-ethyl adjacent to an activating group) is 1. The van der Waals surface area contributed by atoms with E-state index in [1.165, 1.54) is 29.5 Å². The van der Waals surface area contributed by atoms with Crippen molar-refractivity contribution in [2.45, 2.75) is 115 Å². The van der Waals surface area contributed by atoms with E-state index in [0.717, 1.165) is 38.5 Å². The number of anilines is 1. The summed E-state index contributed by atoms with van der Waals surface area (Å²) in [5.74, 6) is -1.27. The van der Waals surface area contributed by atoms with Gasteiger partial charge in [0.25, 0.3) is 5.91 Å². The summed E-state index contributed by atoms with van der Waals surface area (Å²) in [6.45, 7) is 6.15. The van der Waals surface area contributed by atoms with Crippen molar-refractivity contribution in [3.05, 3.63) is 23.8 Å². The summed E-state index contributed by atoms with van der Waals surface area (Å²) >= 11 is 0. The van der Waals surface area contributed by atoms with Crippen molar-refractivity contribution in [3.63, 3.8) is 0 Å². The van der Waals surface area contributed by atoms with Gasteiger partial charge in [0.1, 0.15) is 5.75 Å². The molecule has 13 heteroatoms. The quantitative estimate of drug-likeness (QED) is 0.329. The summed E-state index contributed by atoms with van der Waals surface area (Å²) in [6, 6.07) is 3.82. The van der Waals surface area contributed by atoms with Crippen LogP contribution < -0.4 is 15.4 Å². The average Bonchev–Trinajstić information content (AvgIpc) is 3.01. The number of nitrogens with zero attached hydrogens (tertiary/aromatic N) is 2. The van der Waals surface area contributed by atoms with E-state index >= 15 is 0 Å². The van der Waals surface area contributed by atoms with Crippen molar-refractivity contribution in [2.75, 3.05) is 38.7 Å². The molecule has 10 nitrogen and oxygen atoms in total. The SMILES string of the molecule is C[C@H]1CCCCO[C@H](CN(C)C(=O)NC2CCCCC2)[C@@H](C)CN([C@@H](C)CO)C(=O)c2cc(NC(=O)CCC(F)(F)F)ccc2O1. The molecule has 0 spiro atoms. The fourth-order valence-corrected chi connectivity index (χ4v) is 5.83. The highest BCUT2D eigenvalue weighted by atomic mass is 19.4. The Kier molecular flexibility index (Phi) is 14.4. The Morgan fingerprint density at radius 3 is 2.48 bits per heavy atom. The molecular weight excluding hydrogens is 605 g/mol. The maximum Gasteiger partial charge on any atom is 0.389 e. The van der Waals surface area contributed by atoms with Crippen molar-refractivity contribution >= 4 is 23.5 Å². The average molecular weight is 657 g/mol. The number of carbonyl (C=O) groups excluding carboxylic acids is 3. The highest BCUT2D eigenvalue weighted by Gasteiger charge is 2.32. The van der Waals surface area contributed by atoms with Crippen LogP contribution in [0.3, 0.4) is 0 Å². The van der Waals surface area contributed by atoms with Gasteiger partial charge < -0.3 is 35.0 Å². The van der Waals surface area contributed by atoms with E-state index in [4.69, 9.17) is 9.47 Å². The molecular formula is C33H51F3N4O6. The van der Waals surface area contributed by atoms with Crippen LogP contribution >= 0.6 is 0 Å². The molecule has 2 aliphatic rings. The monoisotopic (exact) mass is 656 g/mol. The first-order valence-corrected chi connectivity index (χ1v) is 16.5. The Morgan fingerprint density at radius 1 is 1.11 bits per heavy atom. The van der Waals surface area contributed by atoms with Crippen molar-refractivity contribution in [2.24, 2.45) is 5.92 Å². The molecule has 1 fully saturated rings. The summed E-state index contributed by atoms with van der Waals surface area (Å²) in [5.41, 5.74) is 0.277. The topological polar surface area (TPSA) is 120 Å². The third-order valence-corrected chi connectivity index (χ3v) is 8.70. The summed E-state index contributed by atoms with van der Waals surface area (Å²) < 4.78 is 50.5. The van der Waals surface area contributed by atoms with Gasteiger partial charge in [-0.1, -0.05) is 26.2 Å². The molecule has 260 valence electrons. The van der Waals surface area contributed by atoms with Gasteiger partial charge in [-0.15, -0.1) is 0 Å². The van der Waals surface area contributed by atoms with Gasteiger partial charge in [-0.25, -0.2) is 4.79 Å². The lowest BCUT2D eigenvalue weighted by molar-refractivity contribution is -0.142. The molecule has 1 aliphatic heterocycles. The van der Waals surface area contributed by atoms with Crippen LogP contribution in [0.15, 0.2) is 18.2 Å². The van der Waals surface area contributed by atoms with Crippen LogP contribution in [0.1, 0.15) is 95.3 Å². The number of hydrogen-bond acceptors (Lipinski definition) is 6. The predicted octanol–water partition coefficient (Wildman–Crippen LogP) is 5.74. The second kappa shape index (κ2) is 17.7. The Labute approximate surface area is 270 Å². The molecule has 1 aromatic carbocycles. The molecule has 0 aromatic heterocycles. The van der Waals surface area contributed by atoms with E-state index in [2.05, 4.69) is 10.6 Å². The summed E-state index contributed by atoms with van der Waals surface area (Å²) in [6.07, 6.45) is 0.402. The van der Waals surface area contributed by atoms with Gasteiger partial charge in [0, 0.05) is 50.8 Å². The molecule has 1 saturated carbocycles. The lowest BCUT2D eigenvalue weighted by Crippen LogP contribution is -2.50. The first kappa shape index (κ1) is 37.4. The largest absolute Gasteiger partial charge is 0.490 e. The summed E-state index contributed by atoms with van der Waals surface area (Å²) in [7, 11) is 1.73. The van der Waals surface area contributed by atoms with E-state index in [0.29, 0.717) is 19.6 Å². The first-order valence-electron chi connectivity index (χ1n) is 16.5. The Hall–Kier alpha value is -3.06. The van der Waals surface area contributed by atoms with Gasteiger partial charge in [-0.3, -0.25) is 9.59 Å². The van der Waals surface area contributed by atoms with E-state index in [9.17, 15) is 32.7 Å². The molecule has 3 rings (SSSR count). The maximum atomic E-state index is 14.2. The number of benzene rings is 1. The predicted molar refractivity (Wildman–Crippen MR) is 169 cm³/mol. The van der Waals surface area contributed by atoms with E-state index < -0.39 is 43.0 Å². The Balaban J connectivity index is 1.85. The van der Waals surface area contributed by atoms with Crippen LogP contribution in [0.2, 0.25) is 0 Å². The van der Waals surface area contributed by atoms with Crippen LogP contribution in [-0.2, 0) is 9.53 Å². The smallest absolute Gasteiger partial charge is 0.389 e. The fourth-order valence-electron chi connectivity index (χ4n) is 5.83. The molecule has 0 bridgehead atoms. The number of urea groups is 1. The summed E-state index contributed by atoms with van der Waals surface area (Å²) in [4.78, 5) is 42.6. The first-order chi connectivity index (χ1) is 21.8. The fraction of sp³-hybridized carbons (Fsp3) is 0.727. The van der Waals surface area contributed by atoms with Crippen molar-refractivity contribution in [3.8, 4) is 5.75 Å². The lowest BCUT2D eigenvalue weighted by atomic mass is 9.96. The van der Waals surface area contributed by atoms with Crippen LogP contribution in [0.5, 0.6) is 5.75 Å². The van der Waals surface area contributed by atoms with Crippen molar-refractivity contribution in [1.29, 1.82) is 0 Å². The number of aliphatic hydroxyl groups excluding tert-OH is 1. The van der Waals surface area contributed by atoms with Crippen LogP contribution in [0.4, 0.5) is 23.7 Å². The van der Waals surface area contributed by atoms with Gasteiger partial charge in [-0.2, -0.15) is 13.2 Å². The lowest BCUT2D eigenvalue weighted by Gasteiger charge is -2.36. The number of halogens is 3. The van der Waals surface area contributed by atoms with Crippen molar-refractivity contribution < 1.29 is 42.1 Å². The Morgan fingerprint density at radius 2 is 1.80 bits per heavy atom.